The highest BCUT2D eigenvalue weighted by molar-refractivity contribution is 5.92. The summed E-state index contributed by atoms with van der Waals surface area (Å²) in [6, 6.07) is 3.24. The number of amides is 1. The van der Waals surface area contributed by atoms with Gasteiger partial charge in [-0.05, 0) is 32.6 Å². The second kappa shape index (κ2) is 5.64. The molecule has 1 aliphatic rings. The smallest absolute Gasteiger partial charge is 0.267 e. The zero-order valence-corrected chi connectivity index (χ0v) is 11.8. The first-order valence-corrected chi connectivity index (χ1v) is 6.54. The van der Waals surface area contributed by atoms with Crippen molar-refractivity contribution >= 4 is 17.4 Å². The molecule has 1 aromatic rings. The van der Waals surface area contributed by atoms with E-state index in [4.69, 9.17) is 11.5 Å². The summed E-state index contributed by atoms with van der Waals surface area (Å²) in [6.45, 7) is 1.23. The van der Waals surface area contributed by atoms with Crippen LogP contribution >= 0.6 is 0 Å². The van der Waals surface area contributed by atoms with Gasteiger partial charge in [-0.1, -0.05) is 0 Å². The number of nitrogen functional groups attached to an aromatic ring is 1. The van der Waals surface area contributed by atoms with Gasteiger partial charge in [0.25, 0.3) is 5.91 Å². The normalized spacial score (nSPS) is 22.5. The van der Waals surface area contributed by atoms with Crippen molar-refractivity contribution in [3.8, 4) is 0 Å². The van der Waals surface area contributed by atoms with Crippen LogP contribution in [0.3, 0.4) is 0 Å². The van der Waals surface area contributed by atoms with Crippen LogP contribution in [-0.4, -0.2) is 60.2 Å². The first kappa shape index (κ1) is 14.5. The predicted molar refractivity (Wildman–Crippen MR) is 77.5 cm³/mol. The lowest BCUT2D eigenvalue weighted by Crippen LogP contribution is -2.38. The summed E-state index contributed by atoms with van der Waals surface area (Å²) < 4.78 is 0. The van der Waals surface area contributed by atoms with E-state index >= 15 is 0 Å². The maximum Gasteiger partial charge on any atom is 0.267 e. The molecule has 2 unspecified atom stereocenters. The fraction of sp³-hybridized carbons (Fsp3) is 0.538. The van der Waals surface area contributed by atoms with Gasteiger partial charge in [0, 0.05) is 19.1 Å². The fourth-order valence-electron chi connectivity index (χ4n) is 2.57. The molecule has 2 atom stereocenters. The van der Waals surface area contributed by atoms with Gasteiger partial charge >= 0.3 is 0 Å². The molecule has 110 valence electrons. The topological polar surface area (TPSA) is 109 Å². The van der Waals surface area contributed by atoms with Crippen molar-refractivity contribution in [1.82, 2.24) is 9.88 Å². The minimum atomic E-state index is -0.588. The fourth-order valence-corrected chi connectivity index (χ4v) is 2.57. The van der Waals surface area contributed by atoms with Crippen LogP contribution in [0.5, 0.6) is 0 Å². The van der Waals surface area contributed by atoms with Crippen molar-refractivity contribution in [2.75, 3.05) is 37.8 Å². The number of anilines is 2. The zero-order chi connectivity index (χ0) is 14.9. The molecule has 2 heterocycles. The molecule has 2 rings (SSSR count). The number of nitrogens with zero attached hydrogens (tertiary/aromatic N) is 3. The van der Waals surface area contributed by atoms with Crippen LogP contribution in [0.15, 0.2) is 12.1 Å². The quantitative estimate of drug-likeness (QED) is 0.670. The highest BCUT2D eigenvalue weighted by Crippen LogP contribution is 2.29. The van der Waals surface area contributed by atoms with Crippen LogP contribution in [0.25, 0.3) is 0 Å². The third-order valence-electron chi connectivity index (χ3n) is 3.40. The van der Waals surface area contributed by atoms with Crippen molar-refractivity contribution in [1.29, 1.82) is 0 Å². The molecule has 0 saturated carbocycles. The van der Waals surface area contributed by atoms with Crippen LogP contribution in [0, 0.1) is 0 Å². The Morgan fingerprint density at radius 1 is 1.55 bits per heavy atom. The summed E-state index contributed by atoms with van der Waals surface area (Å²) in [5, 5.41) is 9.89. The molecule has 5 N–H and O–H groups in total. The van der Waals surface area contributed by atoms with E-state index in [1.807, 2.05) is 23.9 Å². The third kappa shape index (κ3) is 3.00. The van der Waals surface area contributed by atoms with Crippen LogP contribution in [0.4, 0.5) is 11.5 Å². The molecule has 1 saturated heterocycles. The molecule has 20 heavy (non-hydrogen) atoms. The van der Waals surface area contributed by atoms with Crippen LogP contribution in [0.1, 0.15) is 16.9 Å². The van der Waals surface area contributed by atoms with E-state index in [9.17, 15) is 9.90 Å². The average molecular weight is 279 g/mol. The Kier molecular flexibility index (Phi) is 4.10. The summed E-state index contributed by atoms with van der Waals surface area (Å²) in [5.74, 6) is -0.0696. The van der Waals surface area contributed by atoms with Gasteiger partial charge in [0.1, 0.15) is 5.69 Å². The molecule has 0 radical (unpaired) electrons. The molecule has 7 nitrogen and oxygen atoms in total. The van der Waals surface area contributed by atoms with E-state index in [2.05, 4.69) is 4.98 Å². The minimum absolute atomic E-state index is 0.109. The first-order valence-electron chi connectivity index (χ1n) is 6.54. The van der Waals surface area contributed by atoms with Crippen molar-refractivity contribution in [2.45, 2.75) is 18.6 Å². The lowest BCUT2D eigenvalue weighted by atomic mass is 10.2. The van der Waals surface area contributed by atoms with Gasteiger partial charge in [-0.3, -0.25) is 4.79 Å². The number of aromatic nitrogens is 1. The molecule has 0 spiro atoms. The number of hydrogen-bond acceptors (Lipinski definition) is 6. The maximum absolute atomic E-state index is 11.2. The minimum Gasteiger partial charge on any atom is -0.396 e. The number of aliphatic hydroxyl groups is 1. The highest BCUT2D eigenvalue weighted by Gasteiger charge is 2.33. The Hall–Kier alpha value is -1.86. The van der Waals surface area contributed by atoms with E-state index in [1.54, 1.807) is 6.07 Å². The maximum atomic E-state index is 11.2. The Bertz CT molecular complexity index is 506. The molecule has 1 fully saturated rings. The Balaban J connectivity index is 2.33. The van der Waals surface area contributed by atoms with Gasteiger partial charge in [-0.15, -0.1) is 0 Å². The summed E-state index contributed by atoms with van der Waals surface area (Å²) >= 11 is 0. The number of β-amino-alcohol motifs (C(OH)–C–C–N with tert-alkyl or cyclic N) is 1. The van der Waals surface area contributed by atoms with E-state index in [0.717, 1.165) is 6.54 Å². The van der Waals surface area contributed by atoms with Crippen molar-refractivity contribution in [3.63, 3.8) is 0 Å². The number of primary amides is 1. The molecule has 1 amide bonds. The summed E-state index contributed by atoms with van der Waals surface area (Å²) in [4.78, 5) is 19.5. The number of carbonyl (C=O) groups excluding carboxylic acids is 1. The Morgan fingerprint density at radius 3 is 2.85 bits per heavy atom. The van der Waals surface area contributed by atoms with E-state index in [1.165, 1.54) is 6.07 Å². The zero-order valence-electron chi connectivity index (χ0n) is 11.8. The van der Waals surface area contributed by atoms with Gasteiger partial charge in [-0.2, -0.15) is 0 Å². The molecule has 0 aromatic carbocycles. The van der Waals surface area contributed by atoms with Gasteiger partial charge < -0.3 is 26.4 Å². The molecule has 0 aliphatic carbocycles. The summed E-state index contributed by atoms with van der Waals surface area (Å²) in [7, 11) is 3.94. The van der Waals surface area contributed by atoms with Crippen LogP contribution in [-0.2, 0) is 0 Å². The second-order valence-corrected chi connectivity index (χ2v) is 5.43. The lowest BCUT2D eigenvalue weighted by molar-refractivity contribution is 0.0995. The monoisotopic (exact) mass is 279 g/mol. The molecule has 7 heteroatoms. The number of rotatable bonds is 4. The van der Waals surface area contributed by atoms with E-state index < -0.39 is 12.0 Å². The summed E-state index contributed by atoms with van der Waals surface area (Å²) in [5.41, 5.74) is 11.9. The average Bonchev–Trinajstić information content (AvgIpc) is 2.69. The number of pyridine rings is 1. The van der Waals surface area contributed by atoms with Crippen molar-refractivity contribution in [3.05, 3.63) is 17.8 Å². The second-order valence-electron chi connectivity index (χ2n) is 5.43. The number of carbonyl (C=O) groups is 1. The number of likely N-dealkylation sites (N-methyl/N-ethyl adjacent to an activating group) is 1. The van der Waals surface area contributed by atoms with Crippen molar-refractivity contribution in [2.24, 2.45) is 5.73 Å². The SMILES string of the molecule is CN(C)CC1CC(O)CN1c1nc(C(N)=O)ccc1N. The Morgan fingerprint density at radius 2 is 2.25 bits per heavy atom. The van der Waals surface area contributed by atoms with E-state index in [-0.39, 0.29) is 11.7 Å². The van der Waals surface area contributed by atoms with E-state index in [0.29, 0.717) is 24.5 Å². The molecular weight excluding hydrogens is 258 g/mol. The first-order chi connectivity index (χ1) is 9.38. The predicted octanol–water partition coefficient (Wildman–Crippen LogP) is -0.736. The Labute approximate surface area is 118 Å². The van der Waals surface area contributed by atoms with Crippen molar-refractivity contribution < 1.29 is 9.90 Å². The van der Waals surface area contributed by atoms with Crippen LogP contribution in [0.2, 0.25) is 0 Å². The molecule has 1 aliphatic heterocycles. The third-order valence-corrected chi connectivity index (χ3v) is 3.40. The molecule has 1 aromatic heterocycles. The number of aliphatic hydroxyl groups excluding tert-OH is 1. The van der Waals surface area contributed by atoms with Gasteiger partial charge in [-0.25, -0.2) is 4.98 Å². The number of nitrogens with two attached hydrogens (primary N) is 2. The standard InChI is InChI=1S/C13H21N5O2/c1-17(2)6-8-5-9(19)7-18(8)13-10(14)3-4-11(16-13)12(15)20/h3-4,8-9,19H,5-7,14H2,1-2H3,(H2,15,20). The van der Waals surface area contributed by atoms with Gasteiger partial charge in [0.2, 0.25) is 0 Å². The summed E-state index contributed by atoms with van der Waals surface area (Å²) in [6.07, 6.45) is 0.235. The molecule has 0 bridgehead atoms. The van der Waals surface area contributed by atoms with Crippen LogP contribution < -0.4 is 16.4 Å². The highest BCUT2D eigenvalue weighted by atomic mass is 16.3. The van der Waals surface area contributed by atoms with Gasteiger partial charge in [0.15, 0.2) is 5.82 Å². The molecular formula is C13H21N5O2. The lowest BCUT2D eigenvalue weighted by Gasteiger charge is -2.28. The largest absolute Gasteiger partial charge is 0.396 e. The van der Waals surface area contributed by atoms with Gasteiger partial charge in [0.05, 0.1) is 11.8 Å². The number of hydrogen-bond donors (Lipinski definition) is 3.